The third kappa shape index (κ3) is 6.08. The van der Waals surface area contributed by atoms with Crippen LogP contribution in [0.25, 0.3) is 0 Å². The van der Waals surface area contributed by atoms with Crippen LogP contribution in [0.1, 0.15) is 13.8 Å². The fraction of sp³-hybridized carbons (Fsp3) is 1.00. The number of hydrogen-bond acceptors (Lipinski definition) is 1. The molecule has 0 amide bonds. The average molecular weight is 167 g/mol. The van der Waals surface area contributed by atoms with Crippen molar-refractivity contribution in [2.75, 3.05) is 13.1 Å². The molecule has 0 radical (unpaired) electrons. The topological polar surface area (TPSA) is 26.9 Å². The van der Waals surface area contributed by atoms with Crippen LogP contribution in [-0.2, 0) is 0 Å². The van der Waals surface area contributed by atoms with Crippen molar-refractivity contribution in [2.45, 2.75) is 13.8 Å². The Bertz CT molecular complexity index is 47.7. The number of hydrogen-bond donors (Lipinski definition) is 1. The number of nitrogens with zero attached hydrogens (tertiary/aromatic N) is 1. The lowest BCUT2D eigenvalue weighted by atomic mass is 10.7. The summed E-state index contributed by atoms with van der Waals surface area (Å²) in [5, 5.41) is 0. The molecule has 0 spiro atoms. The molecule has 0 aromatic carbocycles. The molecule has 0 bridgehead atoms. The molecule has 0 heterocycles. The van der Waals surface area contributed by atoms with E-state index in [0.717, 1.165) is 13.1 Å². The van der Waals surface area contributed by atoms with Crippen molar-refractivity contribution >= 4 is 0 Å². The van der Waals surface area contributed by atoms with E-state index in [1.165, 1.54) is 4.70 Å². The smallest absolute Gasteiger partial charge is 0.165 e. The highest BCUT2D eigenvalue weighted by Gasteiger charge is 1.86. The first-order chi connectivity index (χ1) is 2.81. The molecule has 0 aliphatic rings. The van der Waals surface area contributed by atoms with Gasteiger partial charge in [0.25, 0.3) is 0 Å². The highest BCUT2D eigenvalue weighted by molar-refractivity contribution is 4.00. The van der Waals surface area contributed by atoms with Crippen molar-refractivity contribution in [3.8, 4) is 0 Å². The van der Waals surface area contributed by atoms with Crippen LogP contribution in [-0.4, -0.2) is 17.8 Å². The van der Waals surface area contributed by atoms with Crippen LogP contribution in [0.2, 0.25) is 0 Å². The second-order valence-electron chi connectivity index (χ2n) is 1.17. The van der Waals surface area contributed by atoms with Crippen molar-refractivity contribution in [3.63, 3.8) is 0 Å². The van der Waals surface area contributed by atoms with Gasteiger partial charge in [0.1, 0.15) is 0 Å². The van der Waals surface area contributed by atoms with E-state index in [-0.39, 0.29) is 17.0 Å². The third-order valence-electron chi connectivity index (χ3n) is 0.763. The zero-order valence-corrected chi connectivity index (χ0v) is 6.33. The molecule has 0 unspecified atom stereocenters. The number of halogens is 1. The minimum absolute atomic E-state index is 0. The quantitative estimate of drug-likeness (QED) is 0.366. The van der Waals surface area contributed by atoms with E-state index in [1.54, 1.807) is 0 Å². The van der Waals surface area contributed by atoms with E-state index < -0.39 is 0 Å². The standard InChI is InChI=1S/C4H11N2.BrH/c1-3-6(5)4-2;/h5H,3-4H2,1-2H3;1H/q+1;/p-1. The average Bonchev–Trinajstić information content (AvgIpc) is 1.65. The summed E-state index contributed by atoms with van der Waals surface area (Å²) in [6, 6.07) is 0. The van der Waals surface area contributed by atoms with Crippen molar-refractivity contribution in [1.29, 1.82) is 5.53 Å². The Morgan fingerprint density at radius 2 is 1.57 bits per heavy atom. The van der Waals surface area contributed by atoms with Crippen LogP contribution in [0.4, 0.5) is 0 Å². The summed E-state index contributed by atoms with van der Waals surface area (Å²) in [7, 11) is 0. The largest absolute Gasteiger partial charge is 1.00 e. The second-order valence-corrected chi connectivity index (χ2v) is 1.17. The SMILES string of the molecule is CC[N+](=N)CC.[Br-]. The van der Waals surface area contributed by atoms with Crippen LogP contribution < -0.4 is 17.0 Å². The van der Waals surface area contributed by atoms with Gasteiger partial charge in [0.2, 0.25) is 0 Å². The summed E-state index contributed by atoms with van der Waals surface area (Å²) in [5.41, 5.74) is 6.90. The molecule has 0 saturated heterocycles. The van der Waals surface area contributed by atoms with Gasteiger partial charge in [-0.1, -0.05) is 5.53 Å². The fourth-order valence-electron chi connectivity index (χ4n) is 0.224. The zero-order chi connectivity index (χ0) is 4.99. The molecule has 0 fully saturated rings. The molecule has 0 aliphatic heterocycles. The molecule has 0 aromatic heterocycles. The molecular weight excluding hydrogens is 156 g/mol. The van der Waals surface area contributed by atoms with Crippen LogP contribution in [0.3, 0.4) is 0 Å². The third-order valence-corrected chi connectivity index (χ3v) is 0.763. The number of rotatable bonds is 2. The van der Waals surface area contributed by atoms with Crippen molar-refractivity contribution < 1.29 is 21.7 Å². The van der Waals surface area contributed by atoms with Crippen molar-refractivity contribution in [1.82, 2.24) is 0 Å². The van der Waals surface area contributed by atoms with E-state index >= 15 is 0 Å². The summed E-state index contributed by atoms with van der Waals surface area (Å²) < 4.78 is 1.50. The Labute approximate surface area is 54.8 Å². The van der Waals surface area contributed by atoms with Gasteiger partial charge in [0.15, 0.2) is 13.1 Å². The molecule has 2 nitrogen and oxygen atoms in total. The highest BCUT2D eigenvalue weighted by Crippen LogP contribution is 1.66. The maximum Gasteiger partial charge on any atom is 0.165 e. The maximum atomic E-state index is 6.90. The van der Waals surface area contributed by atoms with Gasteiger partial charge < -0.3 is 17.0 Å². The van der Waals surface area contributed by atoms with Gasteiger partial charge in [-0.15, -0.1) is 4.70 Å². The molecule has 44 valence electrons. The first-order valence-electron chi connectivity index (χ1n) is 2.27. The molecule has 0 aliphatic carbocycles. The molecule has 3 heteroatoms. The Hall–Kier alpha value is 0.0800. The summed E-state index contributed by atoms with van der Waals surface area (Å²) in [5.74, 6) is 0. The predicted molar refractivity (Wildman–Crippen MR) is 24.1 cm³/mol. The first-order valence-corrected chi connectivity index (χ1v) is 2.27. The van der Waals surface area contributed by atoms with E-state index in [4.69, 9.17) is 5.53 Å². The molecule has 0 aromatic rings. The van der Waals surface area contributed by atoms with E-state index in [0.29, 0.717) is 0 Å². The van der Waals surface area contributed by atoms with E-state index in [9.17, 15) is 0 Å². The summed E-state index contributed by atoms with van der Waals surface area (Å²) >= 11 is 0. The summed E-state index contributed by atoms with van der Waals surface area (Å²) in [6.45, 7) is 5.60. The first kappa shape index (κ1) is 10.1. The van der Waals surface area contributed by atoms with Gasteiger partial charge in [-0.05, 0) is 13.8 Å². The minimum atomic E-state index is 0. The van der Waals surface area contributed by atoms with Crippen LogP contribution in [0, 0.1) is 5.53 Å². The molecule has 0 rings (SSSR count). The Kier molecular flexibility index (Phi) is 8.81. The van der Waals surface area contributed by atoms with Gasteiger partial charge >= 0.3 is 0 Å². The van der Waals surface area contributed by atoms with Gasteiger partial charge in [-0.25, -0.2) is 0 Å². The fourth-order valence-corrected chi connectivity index (χ4v) is 0.224. The molecular formula is C4H11BrN2. The lowest BCUT2D eigenvalue weighted by molar-refractivity contribution is -0.608. The van der Waals surface area contributed by atoms with E-state index in [2.05, 4.69) is 0 Å². The summed E-state index contributed by atoms with van der Waals surface area (Å²) in [6.07, 6.45) is 0. The Morgan fingerprint density at radius 1 is 1.29 bits per heavy atom. The van der Waals surface area contributed by atoms with Gasteiger partial charge in [0, 0.05) is 0 Å². The maximum absolute atomic E-state index is 6.90. The molecule has 0 saturated carbocycles. The van der Waals surface area contributed by atoms with Gasteiger partial charge in [-0.2, -0.15) is 0 Å². The van der Waals surface area contributed by atoms with Crippen molar-refractivity contribution in [2.24, 2.45) is 0 Å². The highest BCUT2D eigenvalue weighted by atomic mass is 79.9. The number of nitrogens with one attached hydrogen (secondary N) is 1. The van der Waals surface area contributed by atoms with Gasteiger partial charge in [-0.3, -0.25) is 0 Å². The monoisotopic (exact) mass is 166 g/mol. The van der Waals surface area contributed by atoms with Gasteiger partial charge in [0.05, 0.1) is 0 Å². The molecule has 7 heavy (non-hydrogen) atoms. The second kappa shape index (κ2) is 6.08. The van der Waals surface area contributed by atoms with Crippen molar-refractivity contribution in [3.05, 3.63) is 0 Å². The lowest BCUT2D eigenvalue weighted by Crippen LogP contribution is -3.00. The Balaban J connectivity index is 0. The normalized spacial score (nSPS) is 7.14. The minimum Gasteiger partial charge on any atom is -1.00 e. The predicted octanol–water partition coefficient (Wildman–Crippen LogP) is -1.93. The van der Waals surface area contributed by atoms with E-state index in [1.807, 2.05) is 13.8 Å². The Morgan fingerprint density at radius 3 is 1.57 bits per heavy atom. The van der Waals surface area contributed by atoms with Crippen LogP contribution >= 0.6 is 0 Å². The molecule has 1 N–H and O–H groups in total. The summed E-state index contributed by atoms with van der Waals surface area (Å²) in [4.78, 5) is 0. The van der Waals surface area contributed by atoms with Crippen LogP contribution in [0.15, 0.2) is 0 Å². The van der Waals surface area contributed by atoms with Crippen LogP contribution in [0.5, 0.6) is 0 Å². The molecule has 0 atom stereocenters. The zero-order valence-electron chi connectivity index (χ0n) is 4.74. The lowest BCUT2D eigenvalue weighted by Gasteiger charge is -1.81.